The number of unbranched alkanes of at least 4 members (excludes halogenated alkanes) is 1. The summed E-state index contributed by atoms with van der Waals surface area (Å²) in [6.07, 6.45) is 12.0. The van der Waals surface area contributed by atoms with E-state index in [1.807, 2.05) is 19.1 Å². The molecule has 1 fully saturated rings. The van der Waals surface area contributed by atoms with Crippen molar-refractivity contribution in [2.75, 3.05) is 19.7 Å². The van der Waals surface area contributed by atoms with Crippen molar-refractivity contribution in [2.24, 2.45) is 0 Å². The normalized spacial score (nSPS) is 20.0. The van der Waals surface area contributed by atoms with E-state index in [0.717, 1.165) is 12.2 Å². The molecule has 142 valence electrons. The molecule has 0 saturated carbocycles. The molecule has 4 nitrogen and oxygen atoms in total. The zero-order valence-electron chi connectivity index (χ0n) is 15.9. The van der Waals surface area contributed by atoms with Crippen molar-refractivity contribution in [2.45, 2.75) is 64.4 Å². The summed E-state index contributed by atoms with van der Waals surface area (Å²) >= 11 is 0. The van der Waals surface area contributed by atoms with E-state index in [-0.39, 0.29) is 12.2 Å². The second-order valence-electron chi connectivity index (χ2n) is 7.28. The van der Waals surface area contributed by atoms with E-state index in [9.17, 15) is 4.79 Å². The highest BCUT2D eigenvalue weighted by atomic mass is 16.6. The molecule has 1 heterocycles. The SMILES string of the molecule is CCN1CC(COc2ccccc2CCCCC2=CCCCC2)OC1=O. The lowest BCUT2D eigenvalue weighted by molar-refractivity contribution is 0.102. The summed E-state index contributed by atoms with van der Waals surface area (Å²) in [4.78, 5) is 13.4. The standard InChI is InChI=1S/C22H31NO3/c1-2-23-16-20(26-22(23)24)17-25-21-15-9-8-14-19(21)13-7-6-12-18-10-4-3-5-11-18/h8-10,14-15,20H,2-7,11-13,16-17H2,1H3. The number of aryl methyl sites for hydroxylation is 1. The van der Waals surface area contributed by atoms with Gasteiger partial charge in [-0.1, -0.05) is 29.8 Å². The number of hydrogen-bond acceptors (Lipinski definition) is 3. The lowest BCUT2D eigenvalue weighted by atomic mass is 9.94. The number of cyclic esters (lactones) is 1. The molecular weight excluding hydrogens is 326 g/mol. The van der Waals surface area contributed by atoms with Gasteiger partial charge in [-0.25, -0.2) is 4.79 Å². The minimum Gasteiger partial charge on any atom is -0.489 e. The number of nitrogens with zero attached hydrogens (tertiary/aromatic N) is 1. The Kier molecular flexibility index (Phi) is 6.98. The van der Waals surface area contributed by atoms with Crippen LogP contribution in [0.1, 0.15) is 57.4 Å². The molecule has 0 bridgehead atoms. The van der Waals surface area contributed by atoms with Gasteiger partial charge < -0.3 is 14.4 Å². The Morgan fingerprint density at radius 1 is 1.19 bits per heavy atom. The van der Waals surface area contributed by atoms with Crippen molar-refractivity contribution in [3.8, 4) is 5.75 Å². The van der Waals surface area contributed by atoms with Crippen LogP contribution in [0.15, 0.2) is 35.9 Å². The summed E-state index contributed by atoms with van der Waals surface area (Å²) in [5.74, 6) is 0.926. The van der Waals surface area contributed by atoms with Crippen molar-refractivity contribution in [1.29, 1.82) is 0 Å². The molecule has 1 amide bonds. The number of ether oxygens (including phenoxy) is 2. The largest absolute Gasteiger partial charge is 0.489 e. The molecule has 1 aliphatic heterocycles. The Balaban J connectivity index is 1.44. The zero-order chi connectivity index (χ0) is 18.2. The number of carbonyl (C=O) groups excluding carboxylic acids is 1. The highest BCUT2D eigenvalue weighted by Gasteiger charge is 2.30. The van der Waals surface area contributed by atoms with Gasteiger partial charge in [0.25, 0.3) is 0 Å². The molecule has 1 aromatic rings. The molecule has 1 aliphatic carbocycles. The van der Waals surface area contributed by atoms with Gasteiger partial charge in [-0.3, -0.25) is 0 Å². The third-order valence-corrected chi connectivity index (χ3v) is 5.31. The van der Waals surface area contributed by atoms with Crippen molar-refractivity contribution in [1.82, 2.24) is 4.90 Å². The highest BCUT2D eigenvalue weighted by Crippen LogP contribution is 2.25. The Hall–Kier alpha value is -1.97. The lowest BCUT2D eigenvalue weighted by Crippen LogP contribution is -2.26. The van der Waals surface area contributed by atoms with Gasteiger partial charge in [0.2, 0.25) is 0 Å². The molecular formula is C22H31NO3. The van der Waals surface area contributed by atoms with E-state index in [2.05, 4.69) is 18.2 Å². The Morgan fingerprint density at radius 3 is 2.81 bits per heavy atom. The Morgan fingerprint density at radius 2 is 2.04 bits per heavy atom. The van der Waals surface area contributed by atoms with Gasteiger partial charge in [-0.2, -0.15) is 0 Å². The van der Waals surface area contributed by atoms with Gasteiger partial charge >= 0.3 is 6.09 Å². The number of rotatable bonds is 9. The molecule has 1 unspecified atom stereocenters. The van der Waals surface area contributed by atoms with Crippen molar-refractivity contribution in [3.05, 3.63) is 41.5 Å². The summed E-state index contributed by atoms with van der Waals surface area (Å²) in [6.45, 7) is 3.68. The average molecular weight is 357 g/mol. The van der Waals surface area contributed by atoms with Gasteiger partial charge in [0.15, 0.2) is 6.10 Å². The first-order valence-corrected chi connectivity index (χ1v) is 10.1. The summed E-state index contributed by atoms with van der Waals surface area (Å²) in [5.41, 5.74) is 2.91. The molecule has 1 saturated heterocycles. The quantitative estimate of drug-likeness (QED) is 0.455. The lowest BCUT2D eigenvalue weighted by Gasteiger charge is -2.15. The second kappa shape index (κ2) is 9.65. The molecule has 0 N–H and O–H groups in total. The van der Waals surface area contributed by atoms with E-state index in [1.165, 1.54) is 50.5 Å². The maximum Gasteiger partial charge on any atom is 0.410 e. The number of carbonyl (C=O) groups is 1. The Bertz CT molecular complexity index is 626. The highest BCUT2D eigenvalue weighted by molar-refractivity contribution is 5.69. The number of likely N-dealkylation sites (N-methyl/N-ethyl adjacent to an activating group) is 1. The maximum absolute atomic E-state index is 11.6. The van der Waals surface area contributed by atoms with Gasteiger partial charge in [-0.05, 0) is 69.9 Å². The third kappa shape index (κ3) is 5.26. The van der Waals surface area contributed by atoms with Crippen LogP contribution in [0.25, 0.3) is 0 Å². The molecule has 2 aliphatic rings. The molecule has 0 spiro atoms. The van der Waals surface area contributed by atoms with Crippen molar-refractivity contribution >= 4 is 6.09 Å². The van der Waals surface area contributed by atoms with Crippen LogP contribution in [0.2, 0.25) is 0 Å². The summed E-state index contributed by atoms with van der Waals surface area (Å²) in [7, 11) is 0. The first-order valence-electron chi connectivity index (χ1n) is 10.1. The second-order valence-corrected chi connectivity index (χ2v) is 7.28. The molecule has 1 atom stereocenters. The monoisotopic (exact) mass is 357 g/mol. The predicted octanol–water partition coefficient (Wildman–Crippen LogP) is 5.12. The van der Waals surface area contributed by atoms with E-state index in [4.69, 9.17) is 9.47 Å². The van der Waals surface area contributed by atoms with Crippen molar-refractivity contribution in [3.63, 3.8) is 0 Å². The summed E-state index contributed by atoms with van der Waals surface area (Å²) in [6, 6.07) is 8.24. The van der Waals surface area contributed by atoms with Crippen molar-refractivity contribution < 1.29 is 14.3 Å². The van der Waals surface area contributed by atoms with Crippen LogP contribution in [-0.4, -0.2) is 36.8 Å². The van der Waals surface area contributed by atoms with E-state index >= 15 is 0 Å². The van der Waals surface area contributed by atoms with Crippen LogP contribution in [0.4, 0.5) is 4.79 Å². The van der Waals surface area contributed by atoms with Gasteiger partial charge in [-0.15, -0.1) is 0 Å². The fraction of sp³-hybridized carbons (Fsp3) is 0.591. The number of benzene rings is 1. The minimum atomic E-state index is -0.230. The summed E-state index contributed by atoms with van der Waals surface area (Å²) in [5, 5.41) is 0. The van der Waals surface area contributed by atoms with Crippen LogP contribution in [-0.2, 0) is 11.2 Å². The number of amides is 1. The third-order valence-electron chi connectivity index (χ3n) is 5.31. The van der Waals surface area contributed by atoms with Gasteiger partial charge in [0.05, 0.1) is 6.54 Å². The van der Waals surface area contributed by atoms with E-state index < -0.39 is 0 Å². The smallest absolute Gasteiger partial charge is 0.410 e. The fourth-order valence-electron chi connectivity index (χ4n) is 3.75. The molecule has 0 radical (unpaired) electrons. The molecule has 26 heavy (non-hydrogen) atoms. The van der Waals surface area contributed by atoms with Crippen LogP contribution in [0, 0.1) is 0 Å². The first-order chi connectivity index (χ1) is 12.8. The van der Waals surface area contributed by atoms with Crippen LogP contribution < -0.4 is 4.74 Å². The van der Waals surface area contributed by atoms with Crippen LogP contribution in [0.5, 0.6) is 5.75 Å². The number of hydrogen-bond donors (Lipinski definition) is 0. The van der Waals surface area contributed by atoms with Gasteiger partial charge in [0.1, 0.15) is 12.4 Å². The molecule has 4 heteroatoms. The van der Waals surface area contributed by atoms with Gasteiger partial charge in [0, 0.05) is 6.54 Å². The maximum atomic E-state index is 11.6. The fourth-order valence-corrected chi connectivity index (χ4v) is 3.75. The summed E-state index contributed by atoms with van der Waals surface area (Å²) < 4.78 is 11.3. The molecule has 0 aromatic heterocycles. The molecule has 3 rings (SSSR count). The topological polar surface area (TPSA) is 38.8 Å². The molecule has 1 aromatic carbocycles. The average Bonchev–Trinajstić information content (AvgIpc) is 3.05. The van der Waals surface area contributed by atoms with Crippen LogP contribution in [0.3, 0.4) is 0 Å². The zero-order valence-corrected chi connectivity index (χ0v) is 15.9. The van der Waals surface area contributed by atoms with E-state index in [0.29, 0.717) is 19.7 Å². The minimum absolute atomic E-state index is 0.172. The number of allylic oxidation sites excluding steroid dienone is 2. The predicted molar refractivity (Wildman–Crippen MR) is 104 cm³/mol. The number of para-hydroxylation sites is 1. The first kappa shape index (κ1) is 18.8. The van der Waals surface area contributed by atoms with E-state index in [1.54, 1.807) is 10.5 Å². The Labute approximate surface area is 157 Å². The van der Waals surface area contributed by atoms with Crippen LogP contribution >= 0.6 is 0 Å².